The molecule has 0 radical (unpaired) electrons. The van der Waals surface area contributed by atoms with Crippen LogP contribution in [-0.2, 0) is 6.42 Å². The predicted molar refractivity (Wildman–Crippen MR) is 80.8 cm³/mol. The highest BCUT2D eigenvalue weighted by atomic mass is 16.5. The second kappa shape index (κ2) is 6.75. The van der Waals surface area contributed by atoms with E-state index in [-0.39, 0.29) is 6.10 Å². The first-order valence-electron chi connectivity index (χ1n) is 6.71. The lowest BCUT2D eigenvalue weighted by molar-refractivity contribution is 0.232. The van der Waals surface area contributed by atoms with Gasteiger partial charge >= 0.3 is 0 Å². The van der Waals surface area contributed by atoms with E-state index >= 15 is 0 Å². The van der Waals surface area contributed by atoms with Crippen LogP contribution < -0.4 is 15.8 Å². The predicted octanol–water partition coefficient (Wildman–Crippen LogP) is 2.50. The Balaban J connectivity index is 1.86. The fourth-order valence-electron chi connectivity index (χ4n) is 1.74. The molecule has 0 aliphatic rings. The fourth-order valence-corrected chi connectivity index (χ4v) is 1.74. The van der Waals surface area contributed by atoms with Gasteiger partial charge < -0.3 is 15.8 Å². The van der Waals surface area contributed by atoms with Gasteiger partial charge in [-0.2, -0.15) is 4.98 Å². The lowest BCUT2D eigenvalue weighted by Gasteiger charge is -2.10. The highest BCUT2D eigenvalue weighted by molar-refractivity contribution is 5.39. The molecule has 2 rings (SSSR count). The Hall–Kier alpha value is -2.30. The second-order valence-electron chi connectivity index (χ2n) is 4.80. The Kier molecular flexibility index (Phi) is 4.76. The summed E-state index contributed by atoms with van der Waals surface area (Å²) in [7, 11) is 0. The number of ether oxygens (including phenoxy) is 1. The van der Waals surface area contributed by atoms with Crippen molar-refractivity contribution in [2.45, 2.75) is 26.4 Å². The van der Waals surface area contributed by atoms with Crippen molar-refractivity contribution in [3.05, 3.63) is 42.1 Å². The van der Waals surface area contributed by atoms with Crippen LogP contribution in [0, 0.1) is 0 Å². The van der Waals surface area contributed by atoms with Gasteiger partial charge in [-0.1, -0.05) is 12.1 Å². The summed E-state index contributed by atoms with van der Waals surface area (Å²) in [6, 6.07) is 9.61. The molecule has 0 spiro atoms. The number of nitrogens with one attached hydrogen (secondary N) is 1. The molecule has 0 saturated heterocycles. The van der Waals surface area contributed by atoms with Crippen molar-refractivity contribution in [1.29, 1.82) is 0 Å². The number of hydrogen-bond donors (Lipinski definition) is 2. The highest BCUT2D eigenvalue weighted by Crippen LogP contribution is 2.11. The zero-order valence-corrected chi connectivity index (χ0v) is 11.8. The summed E-state index contributed by atoms with van der Waals surface area (Å²) in [6.45, 7) is 4.70. The average molecular weight is 272 g/mol. The summed E-state index contributed by atoms with van der Waals surface area (Å²) in [4.78, 5) is 8.46. The van der Waals surface area contributed by atoms with Gasteiger partial charge in [-0.15, -0.1) is 0 Å². The van der Waals surface area contributed by atoms with Gasteiger partial charge in [0.05, 0.1) is 6.10 Å². The summed E-state index contributed by atoms with van der Waals surface area (Å²) in [5.74, 6) is 1.17. The first-order valence-corrected chi connectivity index (χ1v) is 6.71. The molecule has 0 aliphatic carbocycles. The number of anilines is 2. The van der Waals surface area contributed by atoms with Gasteiger partial charge in [-0.25, -0.2) is 4.98 Å². The summed E-state index contributed by atoms with van der Waals surface area (Å²) < 4.78 is 5.53. The molecule has 0 saturated carbocycles. The molecule has 20 heavy (non-hydrogen) atoms. The van der Waals surface area contributed by atoms with Crippen LogP contribution in [0.15, 0.2) is 36.5 Å². The van der Waals surface area contributed by atoms with Gasteiger partial charge in [0.2, 0.25) is 11.8 Å². The zero-order valence-electron chi connectivity index (χ0n) is 11.8. The van der Waals surface area contributed by atoms with Crippen LogP contribution in [0.4, 0.5) is 11.6 Å². The van der Waals surface area contributed by atoms with Crippen LogP contribution in [0.25, 0.3) is 0 Å². The zero-order chi connectivity index (χ0) is 14.4. The van der Waals surface area contributed by atoms with E-state index in [9.17, 15) is 0 Å². The van der Waals surface area contributed by atoms with Crippen molar-refractivity contribution in [3.8, 4) is 5.88 Å². The van der Waals surface area contributed by atoms with Crippen molar-refractivity contribution in [2.24, 2.45) is 0 Å². The standard InChI is InChI=1S/C15H20N4O/c1-11(2)20-14-8-10-18-15(19-14)17-9-7-12-3-5-13(16)6-4-12/h3-6,8,10-11H,7,9,16H2,1-2H3,(H,17,18,19). The number of benzene rings is 1. The lowest BCUT2D eigenvalue weighted by Crippen LogP contribution is -2.11. The van der Waals surface area contributed by atoms with Crippen molar-refractivity contribution < 1.29 is 4.74 Å². The van der Waals surface area contributed by atoms with E-state index < -0.39 is 0 Å². The third kappa shape index (κ3) is 4.42. The molecule has 0 amide bonds. The monoisotopic (exact) mass is 272 g/mol. The number of aromatic nitrogens is 2. The highest BCUT2D eigenvalue weighted by Gasteiger charge is 2.02. The molecule has 0 bridgehead atoms. The van der Waals surface area contributed by atoms with Gasteiger partial charge in [0.25, 0.3) is 0 Å². The molecule has 5 heteroatoms. The largest absolute Gasteiger partial charge is 0.475 e. The minimum Gasteiger partial charge on any atom is -0.475 e. The van der Waals surface area contributed by atoms with E-state index in [1.807, 2.05) is 38.1 Å². The molecule has 3 N–H and O–H groups in total. The quantitative estimate of drug-likeness (QED) is 0.790. The van der Waals surface area contributed by atoms with Crippen LogP contribution >= 0.6 is 0 Å². The topological polar surface area (TPSA) is 73.1 Å². The minimum atomic E-state index is 0.104. The maximum Gasteiger partial charge on any atom is 0.225 e. The SMILES string of the molecule is CC(C)Oc1ccnc(NCCc2ccc(N)cc2)n1. The molecule has 1 heterocycles. The van der Waals surface area contributed by atoms with Gasteiger partial charge in [0.1, 0.15) is 0 Å². The van der Waals surface area contributed by atoms with Crippen molar-refractivity contribution >= 4 is 11.6 Å². The number of nitrogen functional groups attached to an aromatic ring is 1. The van der Waals surface area contributed by atoms with E-state index in [0.717, 1.165) is 18.7 Å². The lowest BCUT2D eigenvalue weighted by atomic mass is 10.1. The number of nitrogens with zero attached hydrogens (tertiary/aromatic N) is 2. The van der Waals surface area contributed by atoms with Gasteiger partial charge in [0, 0.05) is 24.5 Å². The molecular formula is C15H20N4O. The maximum absolute atomic E-state index is 5.65. The Bertz CT molecular complexity index is 540. The maximum atomic E-state index is 5.65. The first kappa shape index (κ1) is 14.1. The Labute approximate surface area is 119 Å². The summed E-state index contributed by atoms with van der Waals surface area (Å²) in [5.41, 5.74) is 7.66. The summed E-state index contributed by atoms with van der Waals surface area (Å²) in [6.07, 6.45) is 2.68. The molecule has 0 aliphatic heterocycles. The van der Waals surface area contributed by atoms with Crippen LogP contribution in [0.2, 0.25) is 0 Å². The first-order chi connectivity index (χ1) is 9.63. The van der Waals surface area contributed by atoms with Gasteiger partial charge in [0.15, 0.2) is 0 Å². The summed E-state index contributed by atoms with van der Waals surface area (Å²) in [5, 5.41) is 3.19. The molecule has 1 aromatic heterocycles. The number of rotatable bonds is 6. The molecule has 1 aromatic carbocycles. The third-order valence-electron chi connectivity index (χ3n) is 2.66. The van der Waals surface area contributed by atoms with Crippen LogP contribution in [-0.4, -0.2) is 22.6 Å². The Morgan fingerprint density at radius 1 is 1.20 bits per heavy atom. The second-order valence-corrected chi connectivity index (χ2v) is 4.80. The van der Waals surface area contributed by atoms with E-state index in [1.165, 1.54) is 5.56 Å². The van der Waals surface area contributed by atoms with Crippen molar-refractivity contribution in [2.75, 3.05) is 17.6 Å². The summed E-state index contributed by atoms with van der Waals surface area (Å²) >= 11 is 0. The molecule has 2 aromatic rings. The van der Waals surface area contributed by atoms with Gasteiger partial charge in [-0.05, 0) is 38.0 Å². The van der Waals surface area contributed by atoms with E-state index in [4.69, 9.17) is 10.5 Å². The third-order valence-corrected chi connectivity index (χ3v) is 2.66. The van der Waals surface area contributed by atoms with Crippen LogP contribution in [0.1, 0.15) is 19.4 Å². The smallest absolute Gasteiger partial charge is 0.225 e. The van der Waals surface area contributed by atoms with E-state index in [2.05, 4.69) is 15.3 Å². The van der Waals surface area contributed by atoms with Crippen LogP contribution in [0.5, 0.6) is 5.88 Å². The van der Waals surface area contributed by atoms with E-state index in [0.29, 0.717) is 11.8 Å². The molecule has 5 nitrogen and oxygen atoms in total. The molecule has 0 unspecified atom stereocenters. The van der Waals surface area contributed by atoms with Gasteiger partial charge in [-0.3, -0.25) is 0 Å². The van der Waals surface area contributed by atoms with Crippen molar-refractivity contribution in [3.63, 3.8) is 0 Å². The molecule has 106 valence electrons. The molecule has 0 fully saturated rings. The minimum absolute atomic E-state index is 0.104. The number of nitrogens with two attached hydrogens (primary N) is 1. The molecular weight excluding hydrogens is 252 g/mol. The number of hydrogen-bond acceptors (Lipinski definition) is 5. The normalized spacial score (nSPS) is 10.6. The Morgan fingerprint density at radius 2 is 1.95 bits per heavy atom. The average Bonchev–Trinajstić information content (AvgIpc) is 2.41. The van der Waals surface area contributed by atoms with E-state index in [1.54, 1.807) is 12.3 Å². The Morgan fingerprint density at radius 3 is 2.65 bits per heavy atom. The molecule has 0 atom stereocenters. The van der Waals surface area contributed by atoms with Crippen molar-refractivity contribution in [1.82, 2.24) is 9.97 Å². The fraction of sp³-hybridized carbons (Fsp3) is 0.333. The van der Waals surface area contributed by atoms with Crippen LogP contribution in [0.3, 0.4) is 0 Å².